The molecule has 59 heavy (non-hydrogen) atoms. The third-order valence-electron chi connectivity index (χ3n) is 9.70. The summed E-state index contributed by atoms with van der Waals surface area (Å²) in [5, 5.41) is 13.7. The van der Waals surface area contributed by atoms with Crippen LogP contribution in [0.3, 0.4) is 0 Å². The molecule has 3 atom stereocenters. The number of nitrogens with one attached hydrogen (secondary N) is 1. The molecule has 15 nitrogen and oxygen atoms in total. The molecule has 0 radical (unpaired) electrons. The number of hydrogen-bond acceptors (Lipinski definition) is 13. The molecule has 2 aromatic carbocycles. The van der Waals surface area contributed by atoms with Gasteiger partial charge in [0.1, 0.15) is 36.6 Å². The Morgan fingerprint density at radius 1 is 0.949 bits per heavy atom. The number of hydrogen-bond donors (Lipinski definition) is 2. The predicted molar refractivity (Wildman–Crippen MR) is 220 cm³/mol. The summed E-state index contributed by atoms with van der Waals surface area (Å²) in [5.41, 5.74) is 5.22. The van der Waals surface area contributed by atoms with Crippen molar-refractivity contribution in [2.45, 2.75) is 84.8 Å². The fraction of sp³-hybridized carbons (Fsp3) is 0.558. The Balaban J connectivity index is 1.09. The number of aliphatic hydroxyl groups excluding tert-OH is 1. The Bertz CT molecular complexity index is 1880. The second-order valence-electron chi connectivity index (χ2n) is 15.8. The Morgan fingerprint density at radius 3 is 2.24 bits per heavy atom. The zero-order chi connectivity index (χ0) is 42.5. The number of nitrogens with zero attached hydrogens (tertiary/aromatic N) is 3. The number of fused-ring (bicyclic) bond motifs is 1. The normalized spacial score (nSPS) is 17.1. The lowest BCUT2D eigenvalue weighted by Crippen LogP contribution is -2.55. The number of likely N-dealkylation sites (tertiary alicyclic amines) is 1. The van der Waals surface area contributed by atoms with Crippen LogP contribution in [0.1, 0.15) is 68.2 Å². The molecule has 1 aromatic heterocycles. The van der Waals surface area contributed by atoms with E-state index in [0.717, 1.165) is 27.3 Å². The molecule has 1 saturated heterocycles. The van der Waals surface area contributed by atoms with Gasteiger partial charge >= 0.3 is 5.97 Å². The summed E-state index contributed by atoms with van der Waals surface area (Å²) in [7, 11) is 0. The summed E-state index contributed by atoms with van der Waals surface area (Å²) in [6.45, 7) is 14.0. The number of thiazole rings is 1. The maximum Gasteiger partial charge on any atom is 0.332 e. The topological polar surface area (TPSA) is 175 Å². The molecule has 322 valence electrons. The number of benzene rings is 2. The molecule has 3 heterocycles. The minimum Gasteiger partial charge on any atom is -0.491 e. The number of β-amino-alcohol motifs (C(OH)–C–C–N with tert-alkyl or cyclic N) is 1. The van der Waals surface area contributed by atoms with Gasteiger partial charge in [-0.05, 0) is 56.9 Å². The third kappa shape index (κ3) is 13.0. The summed E-state index contributed by atoms with van der Waals surface area (Å²) in [5.74, 6) is -1.05. The number of aromatic nitrogens is 1. The van der Waals surface area contributed by atoms with Gasteiger partial charge in [0, 0.05) is 37.2 Å². The molecule has 0 saturated carbocycles. The monoisotopic (exact) mass is 838 g/mol. The average Bonchev–Trinajstić information content (AvgIpc) is 3.89. The van der Waals surface area contributed by atoms with Gasteiger partial charge in [-0.1, -0.05) is 44.2 Å². The van der Waals surface area contributed by atoms with Crippen molar-refractivity contribution in [1.82, 2.24) is 20.1 Å². The van der Waals surface area contributed by atoms with Crippen LogP contribution >= 0.6 is 11.3 Å². The lowest BCUT2D eigenvalue weighted by molar-refractivity contribution is -0.160. The number of aryl methyl sites for hydroxylation is 1. The maximum absolute atomic E-state index is 14.2. The summed E-state index contributed by atoms with van der Waals surface area (Å²) in [6.07, 6.45) is -0.790. The number of aliphatic hydroxyl groups is 1. The van der Waals surface area contributed by atoms with Crippen molar-refractivity contribution >= 4 is 35.0 Å². The summed E-state index contributed by atoms with van der Waals surface area (Å²) in [4.78, 5) is 61.4. The fourth-order valence-electron chi connectivity index (χ4n) is 7.01. The van der Waals surface area contributed by atoms with E-state index in [1.807, 2.05) is 51.1 Å². The van der Waals surface area contributed by atoms with Crippen LogP contribution in [-0.4, -0.2) is 133 Å². The van der Waals surface area contributed by atoms with Crippen LogP contribution in [0.5, 0.6) is 5.75 Å². The number of rotatable bonds is 22. The third-order valence-corrected chi connectivity index (χ3v) is 10.7. The van der Waals surface area contributed by atoms with Gasteiger partial charge < -0.3 is 48.6 Å². The molecule has 1 fully saturated rings. The van der Waals surface area contributed by atoms with Crippen LogP contribution in [0.25, 0.3) is 10.4 Å². The minimum absolute atomic E-state index is 0.000647. The van der Waals surface area contributed by atoms with Gasteiger partial charge in [0.05, 0.1) is 68.4 Å². The highest BCUT2D eigenvalue weighted by atomic mass is 32.1. The predicted octanol–water partition coefficient (Wildman–Crippen LogP) is 4.16. The quantitative estimate of drug-likeness (QED) is 0.109. The molecule has 2 aliphatic heterocycles. The van der Waals surface area contributed by atoms with Crippen molar-refractivity contribution in [1.29, 1.82) is 0 Å². The van der Waals surface area contributed by atoms with Crippen LogP contribution in [0.2, 0.25) is 0 Å². The van der Waals surface area contributed by atoms with Crippen molar-refractivity contribution in [2.75, 3.05) is 66.0 Å². The largest absolute Gasteiger partial charge is 0.491 e. The number of amides is 3. The van der Waals surface area contributed by atoms with E-state index in [4.69, 9.17) is 28.4 Å². The van der Waals surface area contributed by atoms with Crippen LogP contribution in [0.4, 0.5) is 0 Å². The Morgan fingerprint density at radius 2 is 1.61 bits per heavy atom. The van der Waals surface area contributed by atoms with Crippen molar-refractivity contribution in [3.05, 3.63) is 70.4 Å². The summed E-state index contributed by atoms with van der Waals surface area (Å²) < 4.78 is 33.4. The molecule has 0 aliphatic carbocycles. The average molecular weight is 839 g/mol. The van der Waals surface area contributed by atoms with E-state index in [9.17, 15) is 24.3 Å². The fourth-order valence-corrected chi connectivity index (χ4v) is 7.81. The van der Waals surface area contributed by atoms with Gasteiger partial charge in [-0.3, -0.25) is 14.4 Å². The standard InChI is InChI=1S/C43H58N4O11S/c1-28(2)38(47-24-32-9-7-8-10-34(32)41(47)51)42(52)46-25-33(48)22-35(46)40(50)44-23-31-12-11-30(39-29(3)45-27-59-39)21-36(31)57-20-19-55-16-15-53-13-14-54-17-18-56-26-37(49)58-43(4,5)6/h7-12,21,27-28,33,35,38,48H,13-20,22-26H2,1-6H3,(H,44,50)/t33-,35+,38?/m1/s1. The molecule has 1 unspecified atom stereocenters. The van der Waals surface area contributed by atoms with Gasteiger partial charge in [0.15, 0.2) is 0 Å². The van der Waals surface area contributed by atoms with Crippen molar-refractivity contribution in [3.8, 4) is 16.2 Å². The highest BCUT2D eigenvalue weighted by Gasteiger charge is 2.45. The van der Waals surface area contributed by atoms with Crippen molar-refractivity contribution in [2.24, 2.45) is 5.92 Å². The first-order chi connectivity index (χ1) is 28.2. The molecular weight excluding hydrogens is 781 g/mol. The summed E-state index contributed by atoms with van der Waals surface area (Å²) >= 11 is 1.52. The van der Waals surface area contributed by atoms with Gasteiger partial charge in [-0.2, -0.15) is 0 Å². The van der Waals surface area contributed by atoms with E-state index >= 15 is 0 Å². The first kappa shape index (κ1) is 45.6. The number of carbonyl (C=O) groups excluding carboxylic acids is 4. The second kappa shape index (κ2) is 21.7. The zero-order valence-corrected chi connectivity index (χ0v) is 35.7. The van der Waals surface area contributed by atoms with Gasteiger partial charge in [0.2, 0.25) is 11.8 Å². The van der Waals surface area contributed by atoms with E-state index in [0.29, 0.717) is 57.5 Å². The highest BCUT2D eigenvalue weighted by molar-refractivity contribution is 7.13. The molecule has 0 spiro atoms. The van der Waals surface area contributed by atoms with E-state index in [1.54, 1.807) is 43.3 Å². The molecule has 16 heteroatoms. The first-order valence-corrected chi connectivity index (χ1v) is 21.0. The van der Waals surface area contributed by atoms with E-state index in [2.05, 4.69) is 10.3 Å². The highest BCUT2D eigenvalue weighted by Crippen LogP contribution is 2.33. The van der Waals surface area contributed by atoms with Crippen LogP contribution in [0, 0.1) is 12.8 Å². The Labute approximate surface area is 350 Å². The SMILES string of the molecule is Cc1ncsc1-c1ccc(CNC(=O)[C@@H]2C[C@@H](O)CN2C(=O)C(C(C)C)N2Cc3ccccc3C2=O)c(OCCOCCOCCOCCOCC(=O)OC(C)(C)C)c1. The molecular formula is C43H58N4O11S. The smallest absolute Gasteiger partial charge is 0.332 e. The Kier molecular flexibility index (Phi) is 16.8. The number of carbonyl (C=O) groups is 4. The van der Waals surface area contributed by atoms with E-state index in [-0.39, 0.29) is 57.1 Å². The van der Waals surface area contributed by atoms with Gasteiger partial charge in [0.25, 0.3) is 5.91 Å². The molecule has 0 bridgehead atoms. The lowest BCUT2D eigenvalue weighted by Gasteiger charge is -2.35. The number of ether oxygens (including phenoxy) is 6. The van der Waals surface area contributed by atoms with Crippen LogP contribution in [-0.2, 0) is 51.2 Å². The van der Waals surface area contributed by atoms with Crippen LogP contribution in [0.15, 0.2) is 48.0 Å². The lowest BCUT2D eigenvalue weighted by atomic mass is 10.0. The van der Waals surface area contributed by atoms with Gasteiger partial charge in [-0.15, -0.1) is 11.3 Å². The molecule has 3 amide bonds. The summed E-state index contributed by atoms with van der Waals surface area (Å²) in [6, 6.07) is 11.4. The van der Waals surface area contributed by atoms with Gasteiger partial charge in [-0.25, -0.2) is 9.78 Å². The molecule has 2 aliphatic rings. The molecule has 3 aromatic rings. The number of esters is 1. The minimum atomic E-state index is -0.908. The second-order valence-corrected chi connectivity index (χ2v) is 16.7. The van der Waals surface area contributed by atoms with Crippen LogP contribution < -0.4 is 10.1 Å². The zero-order valence-electron chi connectivity index (χ0n) is 34.9. The van der Waals surface area contributed by atoms with E-state index in [1.165, 1.54) is 16.2 Å². The van der Waals surface area contributed by atoms with Crippen molar-refractivity contribution in [3.63, 3.8) is 0 Å². The van der Waals surface area contributed by atoms with E-state index < -0.39 is 35.7 Å². The maximum atomic E-state index is 14.2. The first-order valence-electron chi connectivity index (χ1n) is 20.1. The van der Waals surface area contributed by atoms with Crippen molar-refractivity contribution < 1.29 is 52.7 Å². The molecule has 2 N–H and O–H groups in total. The molecule has 5 rings (SSSR count). The Hall–Kier alpha value is -4.45.